The molecule has 2 aromatic rings. The molecule has 0 atom stereocenters. The van der Waals surface area contributed by atoms with Gasteiger partial charge in [0.25, 0.3) is 0 Å². The molecule has 3 rings (SSSR count). The minimum absolute atomic E-state index is 0.00144. The van der Waals surface area contributed by atoms with Gasteiger partial charge < -0.3 is 5.32 Å². The summed E-state index contributed by atoms with van der Waals surface area (Å²) >= 11 is 18.4. The number of rotatable bonds is 4. The summed E-state index contributed by atoms with van der Waals surface area (Å²) in [6.45, 7) is 2.55. The lowest BCUT2D eigenvalue weighted by Gasteiger charge is -2.31. The van der Waals surface area contributed by atoms with E-state index in [9.17, 15) is 4.79 Å². The third-order valence-electron chi connectivity index (χ3n) is 4.52. The molecule has 1 amide bonds. The summed E-state index contributed by atoms with van der Waals surface area (Å²) in [7, 11) is 0. The maximum absolute atomic E-state index is 12.5. The second-order valence-electron chi connectivity index (χ2n) is 6.23. The van der Waals surface area contributed by atoms with Crippen LogP contribution in [0.4, 0.5) is 5.69 Å². The Kier molecular flexibility index (Phi) is 6.24. The summed E-state index contributed by atoms with van der Waals surface area (Å²) in [4.78, 5) is 14.8. The molecule has 25 heavy (non-hydrogen) atoms. The summed E-state index contributed by atoms with van der Waals surface area (Å²) in [5.41, 5.74) is 1.69. The smallest absolute Gasteiger partial charge is 0.227 e. The first-order valence-corrected chi connectivity index (χ1v) is 9.38. The summed E-state index contributed by atoms with van der Waals surface area (Å²) < 4.78 is 0. The fourth-order valence-electron chi connectivity index (χ4n) is 3.06. The number of anilines is 1. The zero-order chi connectivity index (χ0) is 17.8. The molecule has 1 fully saturated rings. The van der Waals surface area contributed by atoms with Crippen LogP contribution in [0.3, 0.4) is 0 Å². The Morgan fingerprint density at radius 3 is 2.40 bits per heavy atom. The number of carbonyl (C=O) groups is 1. The van der Waals surface area contributed by atoms with Crippen LogP contribution in [0.1, 0.15) is 18.4 Å². The van der Waals surface area contributed by atoms with Crippen molar-refractivity contribution in [3.05, 3.63) is 63.1 Å². The molecule has 0 aliphatic carbocycles. The zero-order valence-electron chi connectivity index (χ0n) is 13.6. The van der Waals surface area contributed by atoms with Crippen molar-refractivity contribution in [1.29, 1.82) is 0 Å². The monoisotopic (exact) mass is 396 g/mol. The molecular weight excluding hydrogens is 379 g/mol. The van der Waals surface area contributed by atoms with Crippen LogP contribution in [0.5, 0.6) is 0 Å². The average molecular weight is 398 g/mol. The van der Waals surface area contributed by atoms with E-state index in [1.165, 1.54) is 0 Å². The van der Waals surface area contributed by atoms with Crippen molar-refractivity contribution in [3.8, 4) is 0 Å². The number of nitrogens with one attached hydrogen (secondary N) is 1. The van der Waals surface area contributed by atoms with Gasteiger partial charge in [0.05, 0.1) is 15.7 Å². The molecular formula is C19H19Cl3N2O. The lowest BCUT2D eigenvalue weighted by Crippen LogP contribution is -2.37. The summed E-state index contributed by atoms with van der Waals surface area (Å²) in [6, 6.07) is 13.1. The van der Waals surface area contributed by atoms with E-state index in [4.69, 9.17) is 34.8 Å². The van der Waals surface area contributed by atoms with Crippen molar-refractivity contribution in [3.63, 3.8) is 0 Å². The topological polar surface area (TPSA) is 32.3 Å². The minimum Gasteiger partial charge on any atom is -0.324 e. The Bertz CT molecular complexity index is 758. The van der Waals surface area contributed by atoms with Crippen molar-refractivity contribution in [2.75, 3.05) is 18.4 Å². The van der Waals surface area contributed by atoms with Crippen molar-refractivity contribution >= 4 is 46.4 Å². The third-order valence-corrected chi connectivity index (χ3v) is 5.71. The van der Waals surface area contributed by atoms with Gasteiger partial charge in [0.15, 0.2) is 0 Å². The van der Waals surface area contributed by atoms with Crippen LogP contribution in [0, 0.1) is 5.92 Å². The summed E-state index contributed by atoms with van der Waals surface area (Å²) in [5, 5.41) is 4.51. The van der Waals surface area contributed by atoms with Gasteiger partial charge in [-0.2, -0.15) is 0 Å². The molecule has 1 aliphatic rings. The number of piperidine rings is 1. The summed E-state index contributed by atoms with van der Waals surface area (Å²) in [6.07, 6.45) is 1.63. The Hall–Kier alpha value is -1.26. The van der Waals surface area contributed by atoms with Gasteiger partial charge in [-0.15, -0.1) is 0 Å². The van der Waals surface area contributed by atoms with Crippen molar-refractivity contribution in [1.82, 2.24) is 4.90 Å². The number of hydrogen-bond acceptors (Lipinski definition) is 2. The fraction of sp³-hybridized carbons (Fsp3) is 0.316. The van der Waals surface area contributed by atoms with Gasteiger partial charge in [0.1, 0.15) is 0 Å². The largest absolute Gasteiger partial charge is 0.324 e. The van der Waals surface area contributed by atoms with E-state index in [1.807, 2.05) is 24.3 Å². The third kappa shape index (κ3) is 4.68. The number of likely N-dealkylation sites (tertiary alicyclic amines) is 1. The highest BCUT2D eigenvalue weighted by Gasteiger charge is 2.25. The van der Waals surface area contributed by atoms with Crippen LogP contribution in [0.2, 0.25) is 15.1 Å². The number of nitrogens with zero attached hydrogens (tertiary/aromatic N) is 1. The molecule has 0 aromatic heterocycles. The van der Waals surface area contributed by atoms with E-state index in [-0.39, 0.29) is 11.8 Å². The lowest BCUT2D eigenvalue weighted by atomic mass is 9.95. The predicted molar refractivity (Wildman–Crippen MR) is 105 cm³/mol. The van der Waals surface area contributed by atoms with Gasteiger partial charge in [-0.05, 0) is 49.7 Å². The Balaban J connectivity index is 1.54. The molecule has 1 aliphatic heterocycles. The molecule has 3 nitrogen and oxygen atoms in total. The van der Waals surface area contributed by atoms with Crippen LogP contribution in [0.15, 0.2) is 42.5 Å². The standard InChI is InChI=1S/C19H19Cl3N2O/c20-15-5-2-1-4-14(15)12-24-10-8-13(9-11-24)19(25)23-17-7-3-6-16(21)18(17)22/h1-7,13H,8-12H2,(H,23,25). The maximum atomic E-state index is 12.5. The van der Waals surface area contributed by atoms with E-state index < -0.39 is 0 Å². The van der Waals surface area contributed by atoms with Gasteiger partial charge in [0.2, 0.25) is 5.91 Å². The number of benzene rings is 2. The van der Waals surface area contributed by atoms with E-state index >= 15 is 0 Å². The first-order chi connectivity index (χ1) is 12.0. The number of halogens is 3. The molecule has 6 heteroatoms. The van der Waals surface area contributed by atoms with Crippen LogP contribution in [-0.2, 0) is 11.3 Å². The number of amides is 1. The SMILES string of the molecule is O=C(Nc1cccc(Cl)c1Cl)C1CCN(Cc2ccccc2Cl)CC1. The van der Waals surface area contributed by atoms with Crippen molar-refractivity contribution < 1.29 is 4.79 Å². The second-order valence-corrected chi connectivity index (χ2v) is 7.42. The zero-order valence-corrected chi connectivity index (χ0v) is 15.9. The molecule has 2 aromatic carbocycles. The molecule has 1 heterocycles. The molecule has 0 unspecified atom stereocenters. The lowest BCUT2D eigenvalue weighted by molar-refractivity contribution is -0.121. The van der Waals surface area contributed by atoms with Gasteiger partial charge in [-0.3, -0.25) is 9.69 Å². The van der Waals surface area contributed by atoms with Crippen molar-refractivity contribution in [2.24, 2.45) is 5.92 Å². The summed E-state index contributed by atoms with van der Waals surface area (Å²) in [5.74, 6) is -0.0147. The first-order valence-electron chi connectivity index (χ1n) is 8.25. The Labute approximate surface area is 162 Å². The molecule has 0 bridgehead atoms. The highest BCUT2D eigenvalue weighted by atomic mass is 35.5. The van der Waals surface area contributed by atoms with Gasteiger partial charge >= 0.3 is 0 Å². The average Bonchev–Trinajstić information content (AvgIpc) is 2.61. The highest BCUT2D eigenvalue weighted by molar-refractivity contribution is 6.44. The molecule has 1 N–H and O–H groups in total. The molecule has 1 saturated heterocycles. The van der Waals surface area contributed by atoms with E-state index in [0.717, 1.165) is 43.1 Å². The fourth-order valence-corrected chi connectivity index (χ4v) is 3.60. The molecule has 0 saturated carbocycles. The van der Waals surface area contributed by atoms with Crippen molar-refractivity contribution in [2.45, 2.75) is 19.4 Å². The van der Waals surface area contributed by atoms with E-state index in [1.54, 1.807) is 18.2 Å². The second kappa shape index (κ2) is 8.41. The minimum atomic E-state index is -0.0162. The van der Waals surface area contributed by atoms with Gasteiger partial charge in [-0.25, -0.2) is 0 Å². The first kappa shape index (κ1) is 18.5. The van der Waals surface area contributed by atoms with Gasteiger partial charge in [0, 0.05) is 17.5 Å². The Morgan fingerprint density at radius 2 is 1.68 bits per heavy atom. The quantitative estimate of drug-likeness (QED) is 0.739. The molecule has 0 spiro atoms. The predicted octanol–water partition coefficient (Wildman–Crippen LogP) is 5.50. The highest BCUT2D eigenvalue weighted by Crippen LogP contribution is 2.30. The normalized spacial score (nSPS) is 16.0. The number of carbonyl (C=O) groups excluding carboxylic acids is 1. The van der Waals surface area contributed by atoms with E-state index in [0.29, 0.717) is 15.7 Å². The van der Waals surface area contributed by atoms with Gasteiger partial charge in [-0.1, -0.05) is 59.1 Å². The molecule has 0 radical (unpaired) electrons. The van der Waals surface area contributed by atoms with Crippen LogP contribution >= 0.6 is 34.8 Å². The van der Waals surface area contributed by atoms with Crippen LogP contribution < -0.4 is 5.32 Å². The Morgan fingerprint density at radius 1 is 1.00 bits per heavy atom. The maximum Gasteiger partial charge on any atom is 0.227 e. The van der Waals surface area contributed by atoms with Crippen LogP contribution in [-0.4, -0.2) is 23.9 Å². The van der Waals surface area contributed by atoms with Crippen LogP contribution in [0.25, 0.3) is 0 Å². The number of hydrogen-bond donors (Lipinski definition) is 1. The van der Waals surface area contributed by atoms with E-state index in [2.05, 4.69) is 10.2 Å². The molecule has 132 valence electrons.